The lowest BCUT2D eigenvalue weighted by Crippen LogP contribution is -2.38. The molecule has 0 spiro atoms. The van der Waals surface area contributed by atoms with Crippen LogP contribution in [0.15, 0.2) is 41.5 Å². The molecule has 2 aromatic heterocycles. The number of aryl methyl sites for hydroxylation is 2. The number of imidazole rings is 1. The molecule has 10 heteroatoms. The van der Waals surface area contributed by atoms with Crippen LogP contribution in [0.1, 0.15) is 35.1 Å². The van der Waals surface area contributed by atoms with Crippen molar-refractivity contribution in [2.75, 3.05) is 38.3 Å². The molecule has 4 rings (SSSR count). The molecule has 1 saturated heterocycles. The van der Waals surface area contributed by atoms with Crippen molar-refractivity contribution in [3.05, 3.63) is 69.7 Å². The number of aromatic amines is 1. The number of hydrogen-bond acceptors (Lipinski definition) is 7. The molecule has 34 heavy (non-hydrogen) atoms. The summed E-state index contributed by atoms with van der Waals surface area (Å²) in [5.74, 6) is 1.69. The zero-order chi connectivity index (χ0) is 24.1. The number of rotatable bonds is 8. The molecule has 0 radical (unpaired) electrons. The van der Waals surface area contributed by atoms with Crippen LogP contribution in [-0.2, 0) is 23.0 Å². The number of carbonyl (C=O) groups excluding carboxylic acids is 1. The van der Waals surface area contributed by atoms with E-state index in [1.165, 1.54) is 0 Å². The fourth-order valence-corrected chi connectivity index (χ4v) is 4.13. The summed E-state index contributed by atoms with van der Waals surface area (Å²) in [5.41, 5.74) is 1.73. The van der Waals surface area contributed by atoms with Crippen LogP contribution in [0.4, 0.5) is 5.95 Å². The van der Waals surface area contributed by atoms with Crippen molar-refractivity contribution in [2.45, 2.75) is 25.8 Å². The summed E-state index contributed by atoms with van der Waals surface area (Å²) in [6.45, 7) is 4.38. The Morgan fingerprint density at radius 2 is 2.06 bits per heavy atom. The zero-order valence-electron chi connectivity index (χ0n) is 19.7. The largest absolute Gasteiger partial charge is 0.496 e. The minimum absolute atomic E-state index is 0.137. The Kier molecular flexibility index (Phi) is 7.27. The molecule has 10 nitrogen and oxygen atoms in total. The Morgan fingerprint density at radius 1 is 1.29 bits per heavy atom. The minimum atomic E-state index is -0.496. The Labute approximate surface area is 197 Å². The number of hydrogen-bond donors (Lipinski definition) is 2. The highest BCUT2D eigenvalue weighted by Gasteiger charge is 2.24. The Morgan fingerprint density at radius 3 is 2.74 bits per heavy atom. The lowest BCUT2D eigenvalue weighted by atomic mass is 10.0. The molecule has 3 aromatic rings. The third kappa shape index (κ3) is 5.12. The van der Waals surface area contributed by atoms with Crippen molar-refractivity contribution >= 4 is 11.9 Å². The number of morpholine rings is 1. The maximum absolute atomic E-state index is 13.0. The van der Waals surface area contributed by atoms with Gasteiger partial charge in [0.25, 0.3) is 5.56 Å². The Bertz CT molecular complexity index is 1200. The van der Waals surface area contributed by atoms with Crippen molar-refractivity contribution in [2.24, 2.45) is 7.05 Å². The molecule has 0 unspecified atom stereocenters. The van der Waals surface area contributed by atoms with Gasteiger partial charge in [0.1, 0.15) is 17.6 Å². The van der Waals surface area contributed by atoms with Gasteiger partial charge in [-0.1, -0.05) is 18.2 Å². The molecule has 1 aliphatic heterocycles. The molecule has 0 saturated carbocycles. The van der Waals surface area contributed by atoms with Crippen molar-refractivity contribution in [1.82, 2.24) is 24.8 Å². The highest BCUT2D eigenvalue weighted by Crippen LogP contribution is 2.29. The number of H-pyrrole nitrogens is 1. The summed E-state index contributed by atoms with van der Waals surface area (Å²) in [5, 5.41) is 3.07. The summed E-state index contributed by atoms with van der Waals surface area (Å²) in [6, 6.07) is 7.03. The van der Waals surface area contributed by atoms with Gasteiger partial charge in [0.05, 0.1) is 20.3 Å². The smallest absolute Gasteiger partial charge is 0.255 e. The molecule has 1 atom stereocenters. The average molecular weight is 467 g/mol. The molecule has 180 valence electrons. The number of methoxy groups -OCH3 is 1. The van der Waals surface area contributed by atoms with E-state index in [1.54, 1.807) is 20.2 Å². The first-order chi connectivity index (χ1) is 16.5. The Balaban J connectivity index is 1.49. The summed E-state index contributed by atoms with van der Waals surface area (Å²) in [6.07, 6.45) is 3.93. The number of para-hydroxylation sites is 1. The fourth-order valence-electron chi connectivity index (χ4n) is 4.13. The normalized spacial score (nSPS) is 14.6. The monoisotopic (exact) mass is 466 g/mol. The highest BCUT2D eigenvalue weighted by molar-refractivity contribution is 5.77. The minimum Gasteiger partial charge on any atom is -0.496 e. The molecule has 3 heterocycles. The van der Waals surface area contributed by atoms with Crippen LogP contribution in [0, 0.1) is 6.92 Å². The first-order valence-corrected chi connectivity index (χ1v) is 11.3. The summed E-state index contributed by atoms with van der Waals surface area (Å²) in [7, 11) is 3.47. The first kappa shape index (κ1) is 23.5. The van der Waals surface area contributed by atoms with Crippen molar-refractivity contribution in [3.8, 4) is 5.75 Å². The predicted octanol–water partition coefficient (Wildman–Crippen LogP) is 1.50. The number of nitrogens with zero attached hydrogens (tertiary/aromatic N) is 4. The van der Waals surface area contributed by atoms with Gasteiger partial charge in [-0.25, -0.2) is 9.97 Å². The van der Waals surface area contributed by atoms with E-state index in [1.807, 2.05) is 47.0 Å². The van der Waals surface area contributed by atoms with Crippen molar-refractivity contribution in [3.63, 3.8) is 0 Å². The van der Waals surface area contributed by atoms with E-state index in [2.05, 4.69) is 20.3 Å². The highest BCUT2D eigenvalue weighted by atomic mass is 16.5. The number of carbonyl (C=O) groups is 1. The summed E-state index contributed by atoms with van der Waals surface area (Å²) in [4.78, 5) is 39.6. The van der Waals surface area contributed by atoms with Crippen LogP contribution in [0.5, 0.6) is 5.75 Å². The maximum Gasteiger partial charge on any atom is 0.255 e. The summed E-state index contributed by atoms with van der Waals surface area (Å²) < 4.78 is 12.7. The lowest BCUT2D eigenvalue weighted by Gasteiger charge is -2.27. The van der Waals surface area contributed by atoms with Gasteiger partial charge in [-0.2, -0.15) is 0 Å². The van der Waals surface area contributed by atoms with Gasteiger partial charge in [-0.3, -0.25) is 14.6 Å². The molecule has 1 fully saturated rings. The third-order valence-corrected chi connectivity index (χ3v) is 5.99. The van der Waals surface area contributed by atoms with E-state index >= 15 is 0 Å². The second-order valence-corrected chi connectivity index (χ2v) is 8.19. The maximum atomic E-state index is 13.0. The first-order valence-electron chi connectivity index (χ1n) is 11.3. The van der Waals surface area contributed by atoms with Crippen molar-refractivity contribution < 1.29 is 14.3 Å². The van der Waals surface area contributed by atoms with Gasteiger partial charge in [-0.15, -0.1) is 0 Å². The molecule has 1 aliphatic rings. The van der Waals surface area contributed by atoms with Gasteiger partial charge in [0, 0.05) is 55.8 Å². The van der Waals surface area contributed by atoms with Crippen LogP contribution in [0.2, 0.25) is 0 Å². The summed E-state index contributed by atoms with van der Waals surface area (Å²) >= 11 is 0. The average Bonchev–Trinajstić information content (AvgIpc) is 3.28. The topological polar surface area (TPSA) is 114 Å². The number of amides is 1. The molecule has 2 N–H and O–H groups in total. The van der Waals surface area contributed by atoms with E-state index in [-0.39, 0.29) is 24.3 Å². The second-order valence-electron chi connectivity index (χ2n) is 8.19. The van der Waals surface area contributed by atoms with Gasteiger partial charge in [0.2, 0.25) is 11.9 Å². The van der Waals surface area contributed by atoms with Crippen LogP contribution < -0.4 is 20.5 Å². The van der Waals surface area contributed by atoms with E-state index in [4.69, 9.17) is 9.47 Å². The molecule has 0 bridgehead atoms. The van der Waals surface area contributed by atoms with Crippen LogP contribution >= 0.6 is 0 Å². The van der Waals surface area contributed by atoms with Crippen LogP contribution in [0.3, 0.4) is 0 Å². The lowest BCUT2D eigenvalue weighted by molar-refractivity contribution is -0.121. The number of aromatic nitrogens is 4. The quantitative estimate of drug-likeness (QED) is 0.517. The number of ether oxygens (including phenoxy) is 2. The third-order valence-electron chi connectivity index (χ3n) is 5.99. The molecule has 1 amide bonds. The molecular formula is C24H30N6O4. The standard InChI is InChI=1S/C24H30N6O4/c1-16-17(23(32)28-24(26-16)30-12-14-34-15-13-30)8-9-20(31)27-21(22-25-10-11-29(22)2)18-6-4-5-7-19(18)33-3/h4-7,10-11,21H,8-9,12-15H2,1-3H3,(H,27,31)(H,26,28,32)/t21-/m0/s1. The molecule has 1 aromatic carbocycles. The fraction of sp³-hybridized carbons (Fsp3) is 0.417. The van der Waals surface area contributed by atoms with Gasteiger partial charge in [0.15, 0.2) is 0 Å². The van der Waals surface area contributed by atoms with E-state index in [9.17, 15) is 9.59 Å². The number of nitrogens with one attached hydrogen (secondary N) is 2. The van der Waals surface area contributed by atoms with E-state index < -0.39 is 6.04 Å². The van der Waals surface area contributed by atoms with Gasteiger partial charge in [-0.05, 0) is 19.4 Å². The van der Waals surface area contributed by atoms with Crippen molar-refractivity contribution in [1.29, 1.82) is 0 Å². The predicted molar refractivity (Wildman–Crippen MR) is 127 cm³/mol. The molecule has 0 aliphatic carbocycles. The zero-order valence-corrected chi connectivity index (χ0v) is 19.7. The SMILES string of the molecule is COc1ccccc1[C@H](NC(=O)CCc1c(C)nc(N2CCOCC2)[nH]c1=O)c1nccn1C. The second kappa shape index (κ2) is 10.5. The Hall–Kier alpha value is -3.66. The number of benzene rings is 1. The van der Waals surface area contributed by atoms with E-state index in [0.29, 0.717) is 55.1 Å². The van der Waals surface area contributed by atoms with Gasteiger partial charge >= 0.3 is 0 Å². The van der Waals surface area contributed by atoms with Gasteiger partial charge < -0.3 is 24.3 Å². The van der Waals surface area contributed by atoms with E-state index in [0.717, 1.165) is 5.56 Å². The van der Waals surface area contributed by atoms with Crippen LogP contribution in [-0.4, -0.2) is 58.8 Å². The molecular weight excluding hydrogens is 436 g/mol. The number of anilines is 1. The van der Waals surface area contributed by atoms with Crippen LogP contribution in [0.25, 0.3) is 0 Å².